The summed E-state index contributed by atoms with van der Waals surface area (Å²) in [6, 6.07) is 17.1. The van der Waals surface area contributed by atoms with Gasteiger partial charge in [0.25, 0.3) is 0 Å². The number of benzene rings is 2. The van der Waals surface area contributed by atoms with E-state index in [2.05, 4.69) is 0 Å². The topological polar surface area (TPSA) is 46.3 Å². The molecule has 0 saturated carbocycles. The summed E-state index contributed by atoms with van der Waals surface area (Å²) in [4.78, 5) is 12.7. The predicted octanol–water partition coefficient (Wildman–Crippen LogP) is 2.43. The number of hydrogen-bond acceptors (Lipinski definition) is 2. The van der Waals surface area contributed by atoms with Crippen LogP contribution in [0.25, 0.3) is 0 Å². The number of nitrogen functional groups attached to an aromatic ring is 1. The van der Waals surface area contributed by atoms with Crippen LogP contribution in [-0.2, 0) is 11.3 Å². The van der Waals surface area contributed by atoms with Gasteiger partial charge in [-0.05, 0) is 23.8 Å². The lowest BCUT2D eigenvalue weighted by Gasteiger charge is -2.17. The zero-order chi connectivity index (χ0) is 12.1. The minimum absolute atomic E-state index is 0.549. The van der Waals surface area contributed by atoms with Crippen molar-refractivity contribution in [3.63, 3.8) is 0 Å². The minimum Gasteiger partial charge on any atom is -0.399 e. The van der Waals surface area contributed by atoms with Gasteiger partial charge in [0.1, 0.15) is 0 Å². The molecule has 0 fully saturated rings. The highest BCUT2D eigenvalue weighted by Gasteiger charge is 2.05. The summed E-state index contributed by atoms with van der Waals surface area (Å²) >= 11 is 0. The summed E-state index contributed by atoms with van der Waals surface area (Å²) in [5.74, 6) is 0. The fourth-order valence-electron chi connectivity index (χ4n) is 1.67. The first-order valence-electron chi connectivity index (χ1n) is 5.41. The standard InChI is InChI=1S/C14H14N2O/c15-13-7-4-8-14(9-13)16(11-17)10-12-5-2-1-3-6-12/h1-9,11H,10,15H2. The highest BCUT2D eigenvalue weighted by Crippen LogP contribution is 2.18. The van der Waals surface area contributed by atoms with Gasteiger partial charge in [-0.2, -0.15) is 0 Å². The van der Waals surface area contributed by atoms with E-state index in [1.807, 2.05) is 42.5 Å². The smallest absolute Gasteiger partial charge is 0.214 e. The first-order valence-corrected chi connectivity index (χ1v) is 5.41. The summed E-state index contributed by atoms with van der Waals surface area (Å²) in [5.41, 5.74) is 8.25. The lowest BCUT2D eigenvalue weighted by atomic mass is 10.2. The van der Waals surface area contributed by atoms with E-state index in [1.54, 1.807) is 17.0 Å². The van der Waals surface area contributed by atoms with E-state index < -0.39 is 0 Å². The maximum atomic E-state index is 11.1. The van der Waals surface area contributed by atoms with E-state index in [-0.39, 0.29) is 0 Å². The zero-order valence-corrected chi connectivity index (χ0v) is 9.41. The van der Waals surface area contributed by atoms with Gasteiger partial charge in [-0.1, -0.05) is 36.4 Å². The van der Waals surface area contributed by atoms with Crippen LogP contribution in [0.1, 0.15) is 5.56 Å². The molecule has 0 heterocycles. The Kier molecular flexibility index (Phi) is 3.40. The quantitative estimate of drug-likeness (QED) is 0.643. The lowest BCUT2D eigenvalue weighted by Crippen LogP contribution is -2.20. The number of nitrogens with zero attached hydrogens (tertiary/aromatic N) is 1. The maximum Gasteiger partial charge on any atom is 0.214 e. The molecule has 0 aliphatic carbocycles. The van der Waals surface area contributed by atoms with Crippen LogP contribution in [0.3, 0.4) is 0 Å². The third-order valence-corrected chi connectivity index (χ3v) is 2.52. The largest absolute Gasteiger partial charge is 0.399 e. The summed E-state index contributed by atoms with van der Waals surface area (Å²) in [7, 11) is 0. The van der Waals surface area contributed by atoms with Crippen molar-refractivity contribution in [2.45, 2.75) is 6.54 Å². The highest BCUT2D eigenvalue weighted by atomic mass is 16.1. The van der Waals surface area contributed by atoms with Crippen molar-refractivity contribution in [2.24, 2.45) is 0 Å². The molecule has 0 radical (unpaired) electrons. The van der Waals surface area contributed by atoms with Gasteiger partial charge in [0.15, 0.2) is 0 Å². The number of amides is 1. The Balaban J connectivity index is 2.20. The molecule has 0 aliphatic rings. The molecule has 0 bridgehead atoms. The molecule has 0 aliphatic heterocycles. The van der Waals surface area contributed by atoms with E-state index in [4.69, 9.17) is 5.73 Å². The van der Waals surface area contributed by atoms with Gasteiger partial charge in [-0.15, -0.1) is 0 Å². The Labute approximate surface area is 100 Å². The fourth-order valence-corrected chi connectivity index (χ4v) is 1.67. The number of nitrogens with two attached hydrogens (primary N) is 1. The normalized spacial score (nSPS) is 9.88. The Morgan fingerprint density at radius 2 is 1.82 bits per heavy atom. The molecular formula is C14H14N2O. The van der Waals surface area contributed by atoms with Crippen LogP contribution in [0.15, 0.2) is 54.6 Å². The number of rotatable bonds is 4. The lowest BCUT2D eigenvalue weighted by molar-refractivity contribution is -0.107. The monoisotopic (exact) mass is 226 g/mol. The molecule has 2 aromatic carbocycles. The molecule has 0 saturated heterocycles. The van der Waals surface area contributed by atoms with Crippen LogP contribution >= 0.6 is 0 Å². The van der Waals surface area contributed by atoms with Gasteiger partial charge in [0, 0.05) is 11.4 Å². The summed E-state index contributed by atoms with van der Waals surface area (Å²) in [6.45, 7) is 0.549. The average Bonchev–Trinajstić information content (AvgIpc) is 2.37. The van der Waals surface area contributed by atoms with Crippen LogP contribution in [0.2, 0.25) is 0 Å². The summed E-state index contributed by atoms with van der Waals surface area (Å²) < 4.78 is 0. The molecule has 2 N–H and O–H groups in total. The fraction of sp³-hybridized carbons (Fsp3) is 0.0714. The molecule has 86 valence electrons. The van der Waals surface area contributed by atoms with Crippen molar-refractivity contribution in [3.8, 4) is 0 Å². The van der Waals surface area contributed by atoms with Gasteiger partial charge >= 0.3 is 0 Å². The van der Waals surface area contributed by atoms with Gasteiger partial charge in [0.2, 0.25) is 6.41 Å². The zero-order valence-electron chi connectivity index (χ0n) is 9.41. The number of hydrogen-bond donors (Lipinski definition) is 1. The molecule has 3 nitrogen and oxygen atoms in total. The van der Waals surface area contributed by atoms with Crippen LogP contribution in [0, 0.1) is 0 Å². The Morgan fingerprint density at radius 1 is 1.06 bits per heavy atom. The van der Waals surface area contributed by atoms with E-state index >= 15 is 0 Å². The molecule has 3 heteroatoms. The molecule has 2 rings (SSSR count). The van der Waals surface area contributed by atoms with E-state index in [1.165, 1.54) is 0 Å². The molecule has 2 aromatic rings. The second-order valence-electron chi connectivity index (χ2n) is 3.81. The number of carbonyl (C=O) groups is 1. The molecule has 0 atom stereocenters. The molecule has 0 aromatic heterocycles. The third-order valence-electron chi connectivity index (χ3n) is 2.52. The van der Waals surface area contributed by atoms with Gasteiger partial charge in [0.05, 0.1) is 6.54 Å². The Hall–Kier alpha value is -2.29. The highest BCUT2D eigenvalue weighted by molar-refractivity contribution is 5.76. The predicted molar refractivity (Wildman–Crippen MR) is 69.5 cm³/mol. The van der Waals surface area contributed by atoms with Crippen molar-refractivity contribution in [3.05, 3.63) is 60.2 Å². The van der Waals surface area contributed by atoms with Crippen molar-refractivity contribution < 1.29 is 4.79 Å². The van der Waals surface area contributed by atoms with Crippen LogP contribution < -0.4 is 10.6 Å². The minimum atomic E-state index is 0.549. The first kappa shape index (κ1) is 11.2. The third kappa shape index (κ3) is 2.84. The van der Waals surface area contributed by atoms with E-state index in [9.17, 15) is 4.79 Å². The van der Waals surface area contributed by atoms with Crippen molar-refractivity contribution in [2.75, 3.05) is 10.6 Å². The molecule has 0 spiro atoms. The van der Waals surface area contributed by atoms with Gasteiger partial charge < -0.3 is 10.6 Å². The molecular weight excluding hydrogens is 212 g/mol. The molecule has 1 amide bonds. The first-order chi connectivity index (χ1) is 8.29. The van der Waals surface area contributed by atoms with Crippen molar-refractivity contribution in [1.29, 1.82) is 0 Å². The SMILES string of the molecule is Nc1cccc(N(C=O)Cc2ccccc2)c1. The van der Waals surface area contributed by atoms with Crippen LogP contribution in [-0.4, -0.2) is 6.41 Å². The van der Waals surface area contributed by atoms with E-state index in [0.717, 1.165) is 17.7 Å². The summed E-state index contributed by atoms with van der Waals surface area (Å²) in [5, 5.41) is 0. The second-order valence-corrected chi connectivity index (χ2v) is 3.81. The molecule has 17 heavy (non-hydrogen) atoms. The molecule has 0 unspecified atom stereocenters. The van der Waals surface area contributed by atoms with Crippen molar-refractivity contribution in [1.82, 2.24) is 0 Å². The number of anilines is 2. The second kappa shape index (κ2) is 5.16. The number of carbonyl (C=O) groups excluding carboxylic acids is 1. The van der Waals surface area contributed by atoms with Crippen molar-refractivity contribution >= 4 is 17.8 Å². The maximum absolute atomic E-state index is 11.1. The van der Waals surface area contributed by atoms with Crippen LogP contribution in [0.4, 0.5) is 11.4 Å². The van der Waals surface area contributed by atoms with Crippen LogP contribution in [0.5, 0.6) is 0 Å². The average molecular weight is 226 g/mol. The summed E-state index contributed by atoms with van der Waals surface area (Å²) in [6.07, 6.45) is 0.821. The van der Waals surface area contributed by atoms with Gasteiger partial charge in [-0.25, -0.2) is 0 Å². The van der Waals surface area contributed by atoms with E-state index in [0.29, 0.717) is 12.2 Å². The Morgan fingerprint density at radius 3 is 2.47 bits per heavy atom. The Bertz CT molecular complexity index is 497. The van der Waals surface area contributed by atoms with Gasteiger partial charge in [-0.3, -0.25) is 4.79 Å².